The minimum absolute atomic E-state index is 0.426. The largest absolute Gasteiger partial charge is 0.352 e. The summed E-state index contributed by atoms with van der Waals surface area (Å²) in [6, 6.07) is 10.8. The fraction of sp³-hybridized carbons (Fsp3) is 0.333. The topological polar surface area (TPSA) is 47.7 Å². The van der Waals surface area contributed by atoms with Gasteiger partial charge in [0, 0.05) is 37.9 Å². The number of aryl methyl sites for hydroxylation is 2. The molecule has 1 atom stereocenters. The summed E-state index contributed by atoms with van der Waals surface area (Å²) in [4.78, 5) is 4.68. The van der Waals surface area contributed by atoms with Gasteiger partial charge in [0.2, 0.25) is 5.95 Å². The van der Waals surface area contributed by atoms with Gasteiger partial charge in [-0.05, 0) is 24.6 Å². The fourth-order valence-electron chi connectivity index (χ4n) is 2.95. The van der Waals surface area contributed by atoms with E-state index in [4.69, 9.17) is 0 Å². The predicted octanol–water partition coefficient (Wildman–Crippen LogP) is 2.20. The minimum atomic E-state index is 0.426. The SMILES string of the molecule is Cn1c(NC2CCn3nccc3C2)nc2ccccc21. The van der Waals surface area contributed by atoms with E-state index in [0.717, 1.165) is 36.4 Å². The van der Waals surface area contributed by atoms with Crippen molar-refractivity contribution in [3.63, 3.8) is 0 Å². The van der Waals surface area contributed by atoms with Gasteiger partial charge in [-0.1, -0.05) is 12.1 Å². The van der Waals surface area contributed by atoms with Crippen molar-refractivity contribution in [2.45, 2.75) is 25.4 Å². The lowest BCUT2D eigenvalue weighted by atomic mass is 10.0. The third-order valence-electron chi connectivity index (χ3n) is 4.07. The van der Waals surface area contributed by atoms with E-state index >= 15 is 0 Å². The van der Waals surface area contributed by atoms with Crippen molar-refractivity contribution < 1.29 is 0 Å². The third kappa shape index (κ3) is 1.78. The number of nitrogens with one attached hydrogen (secondary N) is 1. The number of benzene rings is 1. The van der Waals surface area contributed by atoms with Crippen LogP contribution in [0, 0.1) is 0 Å². The molecule has 0 saturated carbocycles. The Morgan fingerprint density at radius 2 is 2.15 bits per heavy atom. The summed E-state index contributed by atoms with van der Waals surface area (Å²) in [6.45, 7) is 0.976. The summed E-state index contributed by atoms with van der Waals surface area (Å²) in [6.07, 6.45) is 3.97. The minimum Gasteiger partial charge on any atom is -0.352 e. The number of nitrogens with zero attached hydrogens (tertiary/aromatic N) is 4. The molecular formula is C15H17N5. The van der Waals surface area contributed by atoms with Crippen LogP contribution in [0.25, 0.3) is 11.0 Å². The van der Waals surface area contributed by atoms with Crippen molar-refractivity contribution in [1.29, 1.82) is 0 Å². The van der Waals surface area contributed by atoms with Gasteiger partial charge in [-0.3, -0.25) is 4.68 Å². The van der Waals surface area contributed by atoms with Crippen LogP contribution in [0.5, 0.6) is 0 Å². The molecule has 0 aliphatic carbocycles. The summed E-state index contributed by atoms with van der Waals surface area (Å²) >= 11 is 0. The Morgan fingerprint density at radius 1 is 1.25 bits per heavy atom. The molecule has 102 valence electrons. The molecule has 1 aliphatic rings. The highest BCUT2D eigenvalue weighted by atomic mass is 15.3. The standard InChI is InChI=1S/C15H17N5/c1-19-14-5-3-2-4-13(14)18-15(19)17-11-7-9-20-12(10-11)6-8-16-20/h2-6,8,11H,7,9-10H2,1H3,(H,17,18). The van der Waals surface area contributed by atoms with Gasteiger partial charge < -0.3 is 9.88 Å². The predicted molar refractivity (Wildman–Crippen MR) is 78.7 cm³/mol. The Labute approximate surface area is 117 Å². The van der Waals surface area contributed by atoms with Crippen molar-refractivity contribution >= 4 is 17.0 Å². The van der Waals surface area contributed by atoms with Crippen LogP contribution in [0.3, 0.4) is 0 Å². The first-order valence-corrected chi connectivity index (χ1v) is 7.00. The first-order chi connectivity index (χ1) is 9.81. The molecule has 20 heavy (non-hydrogen) atoms. The van der Waals surface area contributed by atoms with Crippen LogP contribution in [-0.2, 0) is 20.0 Å². The van der Waals surface area contributed by atoms with Gasteiger partial charge in [0.05, 0.1) is 11.0 Å². The Morgan fingerprint density at radius 3 is 3.05 bits per heavy atom. The number of para-hydroxylation sites is 2. The van der Waals surface area contributed by atoms with Crippen LogP contribution in [0.1, 0.15) is 12.1 Å². The molecular weight excluding hydrogens is 250 g/mol. The molecule has 0 spiro atoms. The molecule has 1 N–H and O–H groups in total. The Bertz CT molecular complexity index is 755. The van der Waals surface area contributed by atoms with E-state index in [1.165, 1.54) is 5.69 Å². The van der Waals surface area contributed by atoms with Gasteiger partial charge in [-0.2, -0.15) is 5.10 Å². The van der Waals surface area contributed by atoms with E-state index < -0.39 is 0 Å². The maximum absolute atomic E-state index is 4.68. The van der Waals surface area contributed by atoms with Crippen LogP contribution >= 0.6 is 0 Å². The van der Waals surface area contributed by atoms with E-state index in [1.54, 1.807) is 0 Å². The maximum Gasteiger partial charge on any atom is 0.203 e. The summed E-state index contributed by atoms with van der Waals surface area (Å²) in [5.41, 5.74) is 3.50. The molecule has 3 aromatic rings. The van der Waals surface area contributed by atoms with E-state index in [-0.39, 0.29) is 0 Å². The zero-order valence-electron chi connectivity index (χ0n) is 11.5. The highest BCUT2D eigenvalue weighted by Crippen LogP contribution is 2.21. The van der Waals surface area contributed by atoms with Crippen molar-refractivity contribution in [2.24, 2.45) is 7.05 Å². The van der Waals surface area contributed by atoms with Crippen molar-refractivity contribution in [3.8, 4) is 0 Å². The van der Waals surface area contributed by atoms with E-state index in [0.29, 0.717) is 6.04 Å². The molecule has 0 saturated heterocycles. The molecule has 1 aliphatic heterocycles. The van der Waals surface area contributed by atoms with Gasteiger partial charge in [0.15, 0.2) is 0 Å². The number of fused-ring (bicyclic) bond motifs is 2. The summed E-state index contributed by atoms with van der Waals surface area (Å²) in [7, 11) is 2.06. The summed E-state index contributed by atoms with van der Waals surface area (Å²) in [5, 5.41) is 7.90. The van der Waals surface area contributed by atoms with E-state index in [2.05, 4.69) is 49.9 Å². The molecule has 0 amide bonds. The molecule has 0 radical (unpaired) electrons. The lowest BCUT2D eigenvalue weighted by Gasteiger charge is -2.24. The van der Waals surface area contributed by atoms with Crippen LogP contribution in [0.2, 0.25) is 0 Å². The second-order valence-electron chi connectivity index (χ2n) is 5.36. The molecule has 2 aromatic heterocycles. The zero-order valence-corrected chi connectivity index (χ0v) is 11.5. The maximum atomic E-state index is 4.68. The van der Waals surface area contributed by atoms with Gasteiger partial charge in [0.1, 0.15) is 0 Å². The Balaban J connectivity index is 1.61. The van der Waals surface area contributed by atoms with Gasteiger partial charge in [-0.15, -0.1) is 0 Å². The molecule has 5 nitrogen and oxygen atoms in total. The molecule has 1 aromatic carbocycles. The van der Waals surface area contributed by atoms with E-state index in [1.807, 2.05) is 18.3 Å². The molecule has 3 heterocycles. The van der Waals surface area contributed by atoms with E-state index in [9.17, 15) is 0 Å². The van der Waals surface area contributed by atoms with Crippen molar-refractivity contribution in [2.75, 3.05) is 5.32 Å². The van der Waals surface area contributed by atoms with Crippen molar-refractivity contribution in [3.05, 3.63) is 42.2 Å². The lowest BCUT2D eigenvalue weighted by molar-refractivity contribution is 0.453. The highest BCUT2D eigenvalue weighted by Gasteiger charge is 2.20. The molecule has 0 bridgehead atoms. The third-order valence-corrected chi connectivity index (χ3v) is 4.07. The molecule has 0 fully saturated rings. The second-order valence-corrected chi connectivity index (χ2v) is 5.36. The number of aromatic nitrogens is 4. The Kier molecular flexibility index (Phi) is 2.52. The number of rotatable bonds is 2. The normalized spacial score (nSPS) is 18.1. The molecule has 1 unspecified atom stereocenters. The van der Waals surface area contributed by atoms with Crippen molar-refractivity contribution in [1.82, 2.24) is 19.3 Å². The summed E-state index contributed by atoms with van der Waals surface area (Å²) < 4.78 is 4.22. The average Bonchev–Trinajstić information content (AvgIpc) is 3.05. The van der Waals surface area contributed by atoms with Crippen LogP contribution in [0.4, 0.5) is 5.95 Å². The fourth-order valence-corrected chi connectivity index (χ4v) is 2.95. The van der Waals surface area contributed by atoms with Gasteiger partial charge >= 0.3 is 0 Å². The number of imidazole rings is 1. The van der Waals surface area contributed by atoms with Gasteiger partial charge in [0.25, 0.3) is 0 Å². The highest BCUT2D eigenvalue weighted by molar-refractivity contribution is 5.78. The molecule has 4 rings (SSSR count). The molecule has 5 heteroatoms. The van der Waals surface area contributed by atoms with Gasteiger partial charge in [-0.25, -0.2) is 4.98 Å². The zero-order chi connectivity index (χ0) is 13.5. The quantitative estimate of drug-likeness (QED) is 0.774. The lowest BCUT2D eigenvalue weighted by Crippen LogP contribution is -2.31. The first-order valence-electron chi connectivity index (χ1n) is 7.00. The number of anilines is 1. The smallest absolute Gasteiger partial charge is 0.203 e. The average molecular weight is 267 g/mol. The summed E-state index contributed by atoms with van der Waals surface area (Å²) in [5.74, 6) is 0.948. The van der Waals surface area contributed by atoms with Crippen LogP contribution in [-0.4, -0.2) is 25.4 Å². The second kappa shape index (κ2) is 4.37. The number of hydrogen-bond acceptors (Lipinski definition) is 3. The van der Waals surface area contributed by atoms with Crippen LogP contribution in [0.15, 0.2) is 36.5 Å². The Hall–Kier alpha value is -2.30. The van der Waals surface area contributed by atoms with Crippen LogP contribution < -0.4 is 5.32 Å². The number of hydrogen-bond donors (Lipinski definition) is 1. The first kappa shape index (κ1) is 11.5. The monoisotopic (exact) mass is 267 g/mol.